The second kappa shape index (κ2) is 6.50. The summed E-state index contributed by atoms with van der Waals surface area (Å²) < 4.78 is 1.41. The lowest BCUT2D eigenvalue weighted by Crippen LogP contribution is -2.48. The van der Waals surface area contributed by atoms with Crippen molar-refractivity contribution < 1.29 is 4.79 Å². The standard InChI is InChI=1S/C17H22N4O2/c1-11(2)10-21-17(23)14-6-4-3-5-13(14)15(20-21)16(22)19-9-12-7-18-8-12/h3-6,11-12,18H,7-10H2,1-2H3,(H,19,22). The molecule has 0 spiro atoms. The molecule has 122 valence electrons. The van der Waals surface area contributed by atoms with Gasteiger partial charge in [-0.2, -0.15) is 5.10 Å². The van der Waals surface area contributed by atoms with E-state index < -0.39 is 0 Å². The molecule has 0 saturated carbocycles. The number of nitrogens with zero attached hydrogens (tertiary/aromatic N) is 2. The predicted octanol–water partition coefficient (Wildman–Crippen LogP) is 1.00. The summed E-state index contributed by atoms with van der Waals surface area (Å²) in [4.78, 5) is 25.1. The van der Waals surface area contributed by atoms with E-state index in [1.54, 1.807) is 12.1 Å². The number of benzene rings is 1. The number of carbonyl (C=O) groups is 1. The third kappa shape index (κ3) is 3.27. The van der Waals surface area contributed by atoms with Crippen LogP contribution in [0.1, 0.15) is 24.3 Å². The number of nitrogens with one attached hydrogen (secondary N) is 2. The van der Waals surface area contributed by atoms with Gasteiger partial charge in [-0.1, -0.05) is 32.0 Å². The number of amides is 1. The Morgan fingerprint density at radius 3 is 2.65 bits per heavy atom. The van der Waals surface area contributed by atoms with Crippen LogP contribution in [0.5, 0.6) is 0 Å². The van der Waals surface area contributed by atoms with Crippen molar-refractivity contribution >= 4 is 16.7 Å². The molecule has 2 N–H and O–H groups in total. The maximum Gasteiger partial charge on any atom is 0.274 e. The molecular formula is C17H22N4O2. The van der Waals surface area contributed by atoms with Crippen molar-refractivity contribution in [2.45, 2.75) is 20.4 Å². The zero-order valence-corrected chi connectivity index (χ0v) is 13.5. The monoisotopic (exact) mass is 314 g/mol. The molecule has 0 bridgehead atoms. The molecule has 2 heterocycles. The lowest BCUT2D eigenvalue weighted by molar-refractivity contribution is 0.0936. The van der Waals surface area contributed by atoms with Crippen LogP contribution in [-0.4, -0.2) is 35.3 Å². The Kier molecular flexibility index (Phi) is 4.43. The number of rotatable bonds is 5. The topological polar surface area (TPSA) is 76.0 Å². The molecule has 1 saturated heterocycles. The molecule has 23 heavy (non-hydrogen) atoms. The van der Waals surface area contributed by atoms with Crippen molar-refractivity contribution in [1.29, 1.82) is 0 Å². The lowest BCUT2D eigenvalue weighted by atomic mass is 10.0. The van der Waals surface area contributed by atoms with Crippen molar-refractivity contribution in [2.75, 3.05) is 19.6 Å². The van der Waals surface area contributed by atoms with Gasteiger partial charge in [0.05, 0.1) is 5.39 Å². The van der Waals surface area contributed by atoms with Gasteiger partial charge in [-0.3, -0.25) is 9.59 Å². The summed E-state index contributed by atoms with van der Waals surface area (Å²) in [6, 6.07) is 7.17. The van der Waals surface area contributed by atoms with Crippen molar-refractivity contribution in [3.63, 3.8) is 0 Å². The van der Waals surface area contributed by atoms with E-state index >= 15 is 0 Å². The minimum atomic E-state index is -0.217. The fourth-order valence-electron chi connectivity index (χ4n) is 2.69. The second-order valence-corrected chi connectivity index (χ2v) is 6.51. The highest BCUT2D eigenvalue weighted by Crippen LogP contribution is 2.14. The van der Waals surface area contributed by atoms with E-state index in [-0.39, 0.29) is 17.4 Å². The molecule has 1 aromatic heterocycles. The quantitative estimate of drug-likeness (QED) is 0.863. The summed E-state index contributed by atoms with van der Waals surface area (Å²) in [5, 5.41) is 11.6. The normalized spacial score (nSPS) is 14.9. The van der Waals surface area contributed by atoms with Crippen molar-refractivity contribution in [1.82, 2.24) is 20.4 Å². The van der Waals surface area contributed by atoms with Gasteiger partial charge in [-0.15, -0.1) is 0 Å². The van der Waals surface area contributed by atoms with Crippen LogP contribution >= 0.6 is 0 Å². The van der Waals surface area contributed by atoms with Crippen LogP contribution in [0.25, 0.3) is 10.8 Å². The Morgan fingerprint density at radius 2 is 2.04 bits per heavy atom. The third-order valence-electron chi connectivity index (χ3n) is 4.04. The van der Waals surface area contributed by atoms with Gasteiger partial charge in [-0.05, 0) is 12.0 Å². The first-order valence-corrected chi connectivity index (χ1v) is 8.05. The van der Waals surface area contributed by atoms with Gasteiger partial charge in [0.2, 0.25) is 0 Å². The highest BCUT2D eigenvalue weighted by molar-refractivity contribution is 6.04. The van der Waals surface area contributed by atoms with Gasteiger partial charge in [0.25, 0.3) is 11.5 Å². The molecule has 1 aliphatic rings. The number of fused-ring (bicyclic) bond motifs is 1. The second-order valence-electron chi connectivity index (χ2n) is 6.51. The molecule has 0 atom stereocenters. The van der Waals surface area contributed by atoms with E-state index in [2.05, 4.69) is 15.7 Å². The smallest absolute Gasteiger partial charge is 0.274 e. The lowest BCUT2D eigenvalue weighted by Gasteiger charge is -2.27. The van der Waals surface area contributed by atoms with Crippen LogP contribution in [0.4, 0.5) is 0 Å². The molecular weight excluding hydrogens is 292 g/mol. The Balaban J connectivity index is 1.98. The molecule has 0 radical (unpaired) electrons. The van der Waals surface area contributed by atoms with Crippen LogP contribution in [0.2, 0.25) is 0 Å². The summed E-state index contributed by atoms with van der Waals surface area (Å²) in [6.45, 7) is 7.03. The van der Waals surface area contributed by atoms with Gasteiger partial charge in [0.1, 0.15) is 0 Å². The van der Waals surface area contributed by atoms with Gasteiger partial charge < -0.3 is 10.6 Å². The van der Waals surface area contributed by atoms with Gasteiger partial charge in [-0.25, -0.2) is 4.68 Å². The molecule has 2 aromatic rings. The van der Waals surface area contributed by atoms with Crippen molar-refractivity contribution in [3.8, 4) is 0 Å². The zero-order chi connectivity index (χ0) is 16.4. The maximum absolute atomic E-state index is 12.5. The molecule has 1 amide bonds. The van der Waals surface area contributed by atoms with Gasteiger partial charge in [0, 0.05) is 37.5 Å². The Hall–Kier alpha value is -2.21. The van der Waals surface area contributed by atoms with Crippen LogP contribution in [-0.2, 0) is 6.54 Å². The molecule has 6 nitrogen and oxygen atoms in total. The summed E-state index contributed by atoms with van der Waals surface area (Å²) >= 11 is 0. The van der Waals surface area contributed by atoms with Crippen molar-refractivity contribution in [3.05, 3.63) is 40.3 Å². The van der Waals surface area contributed by atoms with Crippen molar-refractivity contribution in [2.24, 2.45) is 11.8 Å². The summed E-state index contributed by atoms with van der Waals surface area (Å²) in [6.07, 6.45) is 0. The average Bonchev–Trinajstić information content (AvgIpc) is 2.48. The Bertz CT molecular complexity index is 778. The van der Waals surface area contributed by atoms with E-state index in [0.29, 0.717) is 35.5 Å². The third-order valence-corrected chi connectivity index (χ3v) is 4.04. The van der Waals surface area contributed by atoms with Gasteiger partial charge in [0.15, 0.2) is 5.69 Å². The fourth-order valence-corrected chi connectivity index (χ4v) is 2.69. The fraction of sp³-hybridized carbons (Fsp3) is 0.471. The minimum Gasteiger partial charge on any atom is -0.350 e. The zero-order valence-electron chi connectivity index (χ0n) is 13.5. The molecule has 3 rings (SSSR count). The number of hydrogen-bond acceptors (Lipinski definition) is 4. The first-order valence-electron chi connectivity index (χ1n) is 8.05. The first-order chi connectivity index (χ1) is 11.1. The van der Waals surface area contributed by atoms with Crippen LogP contribution < -0.4 is 16.2 Å². The highest BCUT2D eigenvalue weighted by Gasteiger charge is 2.20. The molecule has 0 unspecified atom stereocenters. The molecule has 0 aliphatic carbocycles. The van der Waals surface area contributed by atoms with E-state index in [0.717, 1.165) is 13.1 Å². The first kappa shape index (κ1) is 15.7. The Morgan fingerprint density at radius 1 is 1.35 bits per heavy atom. The summed E-state index contributed by atoms with van der Waals surface area (Å²) in [5.41, 5.74) is 0.183. The summed E-state index contributed by atoms with van der Waals surface area (Å²) in [5.74, 6) is 0.538. The van der Waals surface area contributed by atoms with Gasteiger partial charge >= 0.3 is 0 Å². The molecule has 1 fully saturated rings. The summed E-state index contributed by atoms with van der Waals surface area (Å²) in [7, 11) is 0. The highest BCUT2D eigenvalue weighted by atomic mass is 16.2. The van der Waals surface area contributed by atoms with Crippen LogP contribution in [0, 0.1) is 11.8 Å². The minimum absolute atomic E-state index is 0.144. The predicted molar refractivity (Wildman–Crippen MR) is 89.5 cm³/mol. The maximum atomic E-state index is 12.5. The van der Waals surface area contributed by atoms with E-state index in [4.69, 9.17) is 0 Å². The number of aromatic nitrogens is 2. The van der Waals surface area contributed by atoms with E-state index in [9.17, 15) is 9.59 Å². The molecule has 6 heteroatoms. The Labute approximate surface area is 134 Å². The van der Waals surface area contributed by atoms with Crippen LogP contribution in [0.3, 0.4) is 0 Å². The number of hydrogen-bond donors (Lipinski definition) is 2. The van der Waals surface area contributed by atoms with E-state index in [1.807, 2.05) is 26.0 Å². The molecule has 1 aliphatic heterocycles. The van der Waals surface area contributed by atoms with Crippen LogP contribution in [0.15, 0.2) is 29.1 Å². The SMILES string of the molecule is CC(C)Cn1nc(C(=O)NCC2CNC2)c2ccccc2c1=O. The molecule has 1 aromatic carbocycles. The average molecular weight is 314 g/mol. The van der Waals surface area contributed by atoms with E-state index in [1.165, 1.54) is 4.68 Å². The largest absolute Gasteiger partial charge is 0.350 e. The number of carbonyl (C=O) groups excluding carboxylic acids is 1.